The van der Waals surface area contributed by atoms with Gasteiger partial charge < -0.3 is 10.1 Å². The summed E-state index contributed by atoms with van der Waals surface area (Å²) in [6, 6.07) is 7.53. The number of rotatable bonds is 5. The first-order valence-electron chi connectivity index (χ1n) is 8.93. The minimum atomic E-state index is -2.85. The number of hydrogen-bond donors (Lipinski definition) is 1. The highest BCUT2D eigenvalue weighted by molar-refractivity contribution is 7.91. The molecule has 6 nitrogen and oxygen atoms in total. The molecule has 25 heavy (non-hydrogen) atoms. The van der Waals surface area contributed by atoms with E-state index in [1.807, 2.05) is 24.3 Å². The van der Waals surface area contributed by atoms with Crippen LogP contribution in [0.5, 0.6) is 0 Å². The first-order chi connectivity index (χ1) is 12.0. The standard InChI is InChI=1S/C18H26N2O4S/c21-18(19-13-17-3-1-2-10-24-17)16-6-4-15(5-7-16)14-20-8-11-25(22,23)12-9-20/h4-7,17H,1-3,8-14H2,(H,19,21). The summed E-state index contributed by atoms with van der Waals surface area (Å²) in [4.78, 5) is 14.4. The lowest BCUT2D eigenvalue weighted by atomic mass is 10.1. The fraction of sp³-hybridized carbons (Fsp3) is 0.611. The molecular formula is C18H26N2O4S. The first-order valence-corrected chi connectivity index (χ1v) is 10.8. The lowest BCUT2D eigenvalue weighted by molar-refractivity contribution is 0.0169. The quantitative estimate of drug-likeness (QED) is 0.848. The van der Waals surface area contributed by atoms with Gasteiger partial charge in [-0.25, -0.2) is 8.42 Å². The molecule has 2 fully saturated rings. The third kappa shape index (κ3) is 5.52. The van der Waals surface area contributed by atoms with Crippen LogP contribution in [0.2, 0.25) is 0 Å². The number of benzene rings is 1. The summed E-state index contributed by atoms with van der Waals surface area (Å²) in [5.74, 6) is 0.387. The number of carbonyl (C=O) groups excluding carboxylic acids is 1. The highest BCUT2D eigenvalue weighted by Gasteiger charge is 2.21. The van der Waals surface area contributed by atoms with Gasteiger partial charge in [-0.2, -0.15) is 0 Å². The molecule has 0 radical (unpaired) electrons. The molecule has 1 amide bonds. The number of hydrogen-bond acceptors (Lipinski definition) is 5. The van der Waals surface area contributed by atoms with Gasteiger partial charge in [0.1, 0.15) is 0 Å². The van der Waals surface area contributed by atoms with Gasteiger partial charge in [-0.15, -0.1) is 0 Å². The molecule has 3 rings (SSSR count). The Hall–Kier alpha value is -1.44. The second-order valence-electron chi connectivity index (χ2n) is 6.82. The fourth-order valence-corrected chi connectivity index (χ4v) is 4.48. The maximum absolute atomic E-state index is 12.2. The molecule has 2 heterocycles. The van der Waals surface area contributed by atoms with Crippen LogP contribution in [0, 0.1) is 0 Å². The zero-order chi connectivity index (χ0) is 17.7. The molecule has 1 N–H and O–H groups in total. The van der Waals surface area contributed by atoms with E-state index in [1.165, 1.54) is 0 Å². The van der Waals surface area contributed by atoms with Gasteiger partial charge in [0, 0.05) is 38.3 Å². The van der Waals surface area contributed by atoms with Crippen molar-refractivity contribution in [2.75, 3.05) is 37.7 Å². The molecule has 7 heteroatoms. The van der Waals surface area contributed by atoms with Gasteiger partial charge >= 0.3 is 0 Å². The lowest BCUT2D eigenvalue weighted by Gasteiger charge is -2.26. The largest absolute Gasteiger partial charge is 0.376 e. The van der Waals surface area contributed by atoms with E-state index in [-0.39, 0.29) is 23.5 Å². The topological polar surface area (TPSA) is 75.7 Å². The van der Waals surface area contributed by atoms with Crippen LogP contribution in [0.4, 0.5) is 0 Å². The van der Waals surface area contributed by atoms with E-state index >= 15 is 0 Å². The molecule has 2 saturated heterocycles. The fourth-order valence-electron chi connectivity index (χ4n) is 3.21. The van der Waals surface area contributed by atoms with Gasteiger partial charge in [0.25, 0.3) is 5.91 Å². The van der Waals surface area contributed by atoms with Crippen LogP contribution in [-0.2, 0) is 21.1 Å². The van der Waals surface area contributed by atoms with Crippen LogP contribution in [0.25, 0.3) is 0 Å². The summed E-state index contributed by atoms with van der Waals surface area (Å²) in [7, 11) is -2.85. The number of ether oxygens (including phenoxy) is 1. The molecule has 138 valence electrons. The van der Waals surface area contributed by atoms with Crippen molar-refractivity contribution in [3.05, 3.63) is 35.4 Å². The van der Waals surface area contributed by atoms with Crippen molar-refractivity contribution in [3.63, 3.8) is 0 Å². The van der Waals surface area contributed by atoms with Crippen molar-refractivity contribution in [1.29, 1.82) is 0 Å². The predicted octanol–water partition coefficient (Wildman–Crippen LogP) is 1.22. The molecule has 1 aromatic rings. The average Bonchev–Trinajstić information content (AvgIpc) is 2.63. The minimum Gasteiger partial charge on any atom is -0.376 e. The molecule has 0 aliphatic carbocycles. The molecular weight excluding hydrogens is 340 g/mol. The number of nitrogens with one attached hydrogen (secondary N) is 1. The molecule has 1 aromatic carbocycles. The number of amides is 1. The summed E-state index contributed by atoms with van der Waals surface area (Å²) in [5.41, 5.74) is 1.73. The first kappa shape index (κ1) is 18.4. The van der Waals surface area contributed by atoms with Crippen molar-refractivity contribution in [3.8, 4) is 0 Å². The van der Waals surface area contributed by atoms with Gasteiger partial charge in [-0.05, 0) is 37.0 Å². The number of sulfone groups is 1. The Morgan fingerprint density at radius 1 is 1.16 bits per heavy atom. The molecule has 0 spiro atoms. The lowest BCUT2D eigenvalue weighted by Crippen LogP contribution is -2.39. The second-order valence-corrected chi connectivity index (χ2v) is 9.13. The summed E-state index contributed by atoms with van der Waals surface area (Å²) >= 11 is 0. The molecule has 1 atom stereocenters. The van der Waals surface area contributed by atoms with E-state index in [0.29, 0.717) is 31.7 Å². The summed E-state index contributed by atoms with van der Waals surface area (Å²) < 4.78 is 28.5. The smallest absolute Gasteiger partial charge is 0.251 e. The van der Waals surface area contributed by atoms with Crippen LogP contribution in [0.3, 0.4) is 0 Å². The Bertz CT molecular complexity index is 668. The Labute approximate surface area is 149 Å². The van der Waals surface area contributed by atoms with Crippen molar-refractivity contribution in [1.82, 2.24) is 10.2 Å². The zero-order valence-electron chi connectivity index (χ0n) is 14.4. The van der Waals surface area contributed by atoms with Crippen molar-refractivity contribution >= 4 is 15.7 Å². The monoisotopic (exact) mass is 366 g/mol. The van der Waals surface area contributed by atoms with Crippen LogP contribution in [0.15, 0.2) is 24.3 Å². The molecule has 0 bridgehead atoms. The van der Waals surface area contributed by atoms with Crippen LogP contribution in [-0.4, -0.2) is 63.1 Å². The van der Waals surface area contributed by atoms with E-state index < -0.39 is 9.84 Å². The van der Waals surface area contributed by atoms with Gasteiger partial charge in [0.05, 0.1) is 17.6 Å². The number of carbonyl (C=O) groups is 1. The van der Waals surface area contributed by atoms with E-state index in [1.54, 1.807) is 0 Å². The van der Waals surface area contributed by atoms with E-state index in [9.17, 15) is 13.2 Å². The molecule has 2 aliphatic rings. The zero-order valence-corrected chi connectivity index (χ0v) is 15.3. The predicted molar refractivity (Wildman–Crippen MR) is 96.3 cm³/mol. The van der Waals surface area contributed by atoms with E-state index in [2.05, 4.69) is 10.2 Å². The molecule has 1 unspecified atom stereocenters. The highest BCUT2D eigenvalue weighted by atomic mass is 32.2. The number of nitrogens with zero attached hydrogens (tertiary/aromatic N) is 1. The van der Waals surface area contributed by atoms with Crippen molar-refractivity contribution in [2.24, 2.45) is 0 Å². The highest BCUT2D eigenvalue weighted by Crippen LogP contribution is 2.13. The van der Waals surface area contributed by atoms with Gasteiger partial charge in [0.15, 0.2) is 9.84 Å². The maximum atomic E-state index is 12.2. The Kier molecular flexibility index (Phi) is 6.09. The molecule has 0 saturated carbocycles. The van der Waals surface area contributed by atoms with Crippen LogP contribution in [0.1, 0.15) is 35.2 Å². The minimum absolute atomic E-state index is 0.0789. The molecule has 2 aliphatic heterocycles. The van der Waals surface area contributed by atoms with Gasteiger partial charge in [-0.3, -0.25) is 9.69 Å². The normalized spacial score (nSPS) is 23.9. The van der Waals surface area contributed by atoms with E-state index in [4.69, 9.17) is 4.74 Å². The third-order valence-corrected chi connectivity index (χ3v) is 6.43. The summed E-state index contributed by atoms with van der Waals surface area (Å²) in [6.07, 6.45) is 3.40. The summed E-state index contributed by atoms with van der Waals surface area (Å²) in [5, 5.41) is 2.94. The second kappa shape index (κ2) is 8.29. The van der Waals surface area contributed by atoms with Crippen LogP contribution >= 0.6 is 0 Å². The van der Waals surface area contributed by atoms with Crippen molar-refractivity contribution in [2.45, 2.75) is 31.9 Å². The molecule has 0 aromatic heterocycles. The third-order valence-electron chi connectivity index (χ3n) is 4.82. The Morgan fingerprint density at radius 2 is 1.88 bits per heavy atom. The van der Waals surface area contributed by atoms with Gasteiger partial charge in [0.2, 0.25) is 0 Å². The Morgan fingerprint density at radius 3 is 2.52 bits per heavy atom. The average molecular weight is 366 g/mol. The maximum Gasteiger partial charge on any atom is 0.251 e. The van der Waals surface area contributed by atoms with Gasteiger partial charge in [-0.1, -0.05) is 12.1 Å². The van der Waals surface area contributed by atoms with Crippen LogP contribution < -0.4 is 5.32 Å². The summed E-state index contributed by atoms with van der Waals surface area (Å²) in [6.45, 7) is 3.21. The van der Waals surface area contributed by atoms with Crippen molar-refractivity contribution < 1.29 is 17.9 Å². The SMILES string of the molecule is O=C(NCC1CCCCO1)c1ccc(CN2CCS(=O)(=O)CC2)cc1. The van der Waals surface area contributed by atoms with E-state index in [0.717, 1.165) is 31.4 Å². The Balaban J connectivity index is 1.47.